The molecule has 0 spiro atoms. The summed E-state index contributed by atoms with van der Waals surface area (Å²) in [7, 11) is 0. The van der Waals surface area contributed by atoms with Crippen LogP contribution in [0.2, 0.25) is 10.4 Å². The number of aromatic nitrogens is 3. The molecule has 0 aliphatic rings. The minimum absolute atomic E-state index is 0.0329. The van der Waals surface area contributed by atoms with E-state index >= 15 is 0 Å². The highest BCUT2D eigenvalue weighted by Crippen LogP contribution is 2.18. The van der Waals surface area contributed by atoms with Crippen LogP contribution in [0.3, 0.4) is 0 Å². The Morgan fingerprint density at radius 1 is 1.33 bits per heavy atom. The highest BCUT2D eigenvalue weighted by molar-refractivity contribution is 6.31. The van der Waals surface area contributed by atoms with Crippen molar-refractivity contribution in [1.29, 1.82) is 0 Å². The zero-order chi connectivity index (χ0) is 8.97. The summed E-state index contributed by atoms with van der Waals surface area (Å²) in [5.41, 5.74) is 0. The molecule has 4 nitrogen and oxygen atoms in total. The van der Waals surface area contributed by atoms with Crippen LogP contribution >= 0.6 is 23.2 Å². The Labute approximate surface area is 79.9 Å². The predicted molar refractivity (Wildman–Crippen MR) is 45.6 cm³/mol. The largest absolute Gasteiger partial charge is 0.475 e. The van der Waals surface area contributed by atoms with Crippen LogP contribution in [-0.4, -0.2) is 21.8 Å². The lowest BCUT2D eigenvalue weighted by Crippen LogP contribution is -2.00. The smallest absolute Gasteiger partial charge is 0.256 e. The number of nitrogens with zero attached hydrogens (tertiary/aromatic N) is 3. The van der Waals surface area contributed by atoms with Gasteiger partial charge in [-0.1, -0.05) is 18.5 Å². The van der Waals surface area contributed by atoms with Crippen LogP contribution in [0, 0.1) is 0 Å². The lowest BCUT2D eigenvalue weighted by Gasteiger charge is -2.02. The molecule has 0 N–H and O–H groups in total. The van der Waals surface area contributed by atoms with Crippen LogP contribution in [0.4, 0.5) is 0 Å². The van der Waals surface area contributed by atoms with Crippen molar-refractivity contribution in [3.8, 4) is 5.88 Å². The summed E-state index contributed by atoms with van der Waals surface area (Å²) in [6.07, 6.45) is 0.873. The molecule has 1 heterocycles. The second kappa shape index (κ2) is 4.42. The van der Waals surface area contributed by atoms with E-state index in [1.807, 2.05) is 6.92 Å². The van der Waals surface area contributed by atoms with Gasteiger partial charge in [-0.05, 0) is 18.0 Å². The van der Waals surface area contributed by atoms with Crippen molar-refractivity contribution in [3.63, 3.8) is 0 Å². The van der Waals surface area contributed by atoms with E-state index < -0.39 is 0 Å². The fourth-order valence-corrected chi connectivity index (χ4v) is 0.820. The molecule has 0 amide bonds. The van der Waals surface area contributed by atoms with E-state index in [0.29, 0.717) is 6.61 Å². The molecule has 0 bridgehead atoms. The van der Waals surface area contributed by atoms with Crippen molar-refractivity contribution in [2.24, 2.45) is 0 Å². The van der Waals surface area contributed by atoms with Gasteiger partial charge in [-0.2, -0.15) is 4.98 Å². The third-order valence-electron chi connectivity index (χ3n) is 1.03. The predicted octanol–water partition coefficient (Wildman–Crippen LogP) is 1.97. The number of rotatable bonds is 3. The quantitative estimate of drug-likeness (QED) is 0.761. The maximum atomic E-state index is 5.61. The maximum Gasteiger partial charge on any atom is 0.256 e. The van der Waals surface area contributed by atoms with Crippen molar-refractivity contribution in [3.05, 3.63) is 10.4 Å². The number of hydrogen-bond acceptors (Lipinski definition) is 4. The molecule has 0 saturated heterocycles. The van der Waals surface area contributed by atoms with Crippen LogP contribution in [0.1, 0.15) is 13.3 Å². The Bertz CT molecular complexity index is 269. The van der Waals surface area contributed by atoms with Crippen molar-refractivity contribution in [2.45, 2.75) is 13.3 Å². The molecule has 12 heavy (non-hydrogen) atoms. The molecule has 6 heteroatoms. The van der Waals surface area contributed by atoms with Gasteiger partial charge in [0.15, 0.2) is 0 Å². The van der Waals surface area contributed by atoms with Crippen molar-refractivity contribution in [1.82, 2.24) is 15.2 Å². The SMILES string of the molecule is CCCOc1nc(Cl)nnc1Cl. The van der Waals surface area contributed by atoms with E-state index in [2.05, 4.69) is 15.2 Å². The van der Waals surface area contributed by atoms with Gasteiger partial charge >= 0.3 is 0 Å². The van der Waals surface area contributed by atoms with E-state index in [4.69, 9.17) is 27.9 Å². The summed E-state index contributed by atoms with van der Waals surface area (Å²) in [4.78, 5) is 3.75. The molecule has 1 rings (SSSR count). The van der Waals surface area contributed by atoms with Gasteiger partial charge in [-0.15, -0.1) is 10.2 Å². The topological polar surface area (TPSA) is 47.9 Å². The van der Waals surface area contributed by atoms with E-state index in [0.717, 1.165) is 6.42 Å². The average Bonchev–Trinajstić information content (AvgIpc) is 2.07. The molecule has 0 aliphatic heterocycles. The summed E-state index contributed by atoms with van der Waals surface area (Å²) < 4.78 is 5.14. The van der Waals surface area contributed by atoms with Crippen molar-refractivity contribution < 1.29 is 4.74 Å². The van der Waals surface area contributed by atoms with E-state index in [1.165, 1.54) is 0 Å². The molecule has 66 valence electrons. The highest BCUT2D eigenvalue weighted by atomic mass is 35.5. The summed E-state index contributed by atoms with van der Waals surface area (Å²) in [6, 6.07) is 0. The summed E-state index contributed by atoms with van der Waals surface area (Å²) in [6.45, 7) is 2.51. The maximum absolute atomic E-state index is 5.61. The zero-order valence-electron chi connectivity index (χ0n) is 6.42. The molecule has 0 aliphatic carbocycles. The van der Waals surface area contributed by atoms with Crippen molar-refractivity contribution in [2.75, 3.05) is 6.61 Å². The lowest BCUT2D eigenvalue weighted by molar-refractivity contribution is 0.303. The van der Waals surface area contributed by atoms with Crippen LogP contribution in [0.25, 0.3) is 0 Å². The molecule has 1 aromatic rings. The first kappa shape index (κ1) is 9.48. The summed E-state index contributed by atoms with van der Waals surface area (Å²) in [5.74, 6) is 0.235. The van der Waals surface area contributed by atoms with Crippen LogP contribution in [0.5, 0.6) is 5.88 Å². The van der Waals surface area contributed by atoms with Gasteiger partial charge in [0.1, 0.15) is 0 Å². The van der Waals surface area contributed by atoms with E-state index in [-0.39, 0.29) is 16.3 Å². The van der Waals surface area contributed by atoms with Gasteiger partial charge in [0.2, 0.25) is 10.4 Å². The fraction of sp³-hybridized carbons (Fsp3) is 0.500. The second-order valence-electron chi connectivity index (χ2n) is 2.03. The first-order chi connectivity index (χ1) is 5.74. The molecule has 0 saturated carbocycles. The lowest BCUT2D eigenvalue weighted by atomic mass is 10.5. The summed E-state index contributed by atoms with van der Waals surface area (Å²) >= 11 is 11.1. The number of halogens is 2. The number of hydrogen-bond donors (Lipinski definition) is 0. The second-order valence-corrected chi connectivity index (χ2v) is 2.72. The minimum Gasteiger partial charge on any atom is -0.475 e. The van der Waals surface area contributed by atoms with Gasteiger partial charge in [-0.25, -0.2) is 0 Å². The van der Waals surface area contributed by atoms with Crippen molar-refractivity contribution >= 4 is 23.2 Å². The Morgan fingerprint density at radius 2 is 2.08 bits per heavy atom. The molecule has 1 aromatic heterocycles. The normalized spacial score (nSPS) is 9.92. The van der Waals surface area contributed by atoms with E-state index in [1.54, 1.807) is 0 Å². The van der Waals surface area contributed by atoms with Gasteiger partial charge in [0.25, 0.3) is 5.88 Å². The molecule has 0 fully saturated rings. The molecule has 0 atom stereocenters. The average molecular weight is 208 g/mol. The van der Waals surface area contributed by atoms with E-state index in [9.17, 15) is 0 Å². The van der Waals surface area contributed by atoms with Gasteiger partial charge in [0.05, 0.1) is 6.61 Å². The Balaban J connectivity index is 2.75. The standard InChI is InChI=1S/C6H7Cl2N3O/c1-2-3-12-5-4(7)10-11-6(8)9-5/h2-3H2,1H3. The first-order valence-electron chi connectivity index (χ1n) is 3.42. The molecular weight excluding hydrogens is 201 g/mol. The van der Waals surface area contributed by atoms with Crippen LogP contribution < -0.4 is 4.74 Å². The first-order valence-corrected chi connectivity index (χ1v) is 4.18. The fourth-order valence-electron chi connectivity index (χ4n) is 0.571. The van der Waals surface area contributed by atoms with Gasteiger partial charge in [-0.3, -0.25) is 0 Å². The Morgan fingerprint density at radius 3 is 2.75 bits per heavy atom. The highest BCUT2D eigenvalue weighted by Gasteiger charge is 2.05. The zero-order valence-corrected chi connectivity index (χ0v) is 7.93. The summed E-state index contributed by atoms with van der Waals surface area (Å²) in [5, 5.41) is 7.13. The van der Waals surface area contributed by atoms with Gasteiger partial charge in [0, 0.05) is 0 Å². The minimum atomic E-state index is 0.0329. The number of ether oxygens (including phenoxy) is 1. The van der Waals surface area contributed by atoms with Crippen LogP contribution in [-0.2, 0) is 0 Å². The molecule has 0 aromatic carbocycles. The van der Waals surface area contributed by atoms with Crippen LogP contribution in [0.15, 0.2) is 0 Å². The molecule has 0 radical (unpaired) electrons. The Kier molecular flexibility index (Phi) is 3.49. The molecule has 0 unspecified atom stereocenters. The molecular formula is C6H7Cl2N3O. The monoisotopic (exact) mass is 207 g/mol. The third kappa shape index (κ3) is 2.46. The van der Waals surface area contributed by atoms with Gasteiger partial charge < -0.3 is 4.74 Å². The Hall–Kier alpha value is -0.610. The third-order valence-corrected chi connectivity index (χ3v) is 1.43.